The van der Waals surface area contributed by atoms with Crippen LogP contribution in [-0.2, 0) is 12.8 Å². The summed E-state index contributed by atoms with van der Waals surface area (Å²) in [5.41, 5.74) is 3.99. The van der Waals surface area contributed by atoms with Crippen molar-refractivity contribution < 1.29 is 9.47 Å². The zero-order valence-electron chi connectivity index (χ0n) is 15.7. The normalized spacial score (nSPS) is 10.0. The molecule has 2 N–H and O–H groups in total. The van der Waals surface area contributed by atoms with Crippen molar-refractivity contribution in [3.8, 4) is 23.6 Å². The summed E-state index contributed by atoms with van der Waals surface area (Å²) < 4.78 is 10.5. The molecule has 0 aliphatic rings. The minimum atomic E-state index is 0.403. The number of ether oxygens (including phenoxy) is 2. The first kappa shape index (κ1) is 18.9. The number of hydrogen-bond donors (Lipinski definition) is 2. The number of hydrogen-bond acceptors (Lipinski definition) is 4. The van der Waals surface area contributed by atoms with Crippen molar-refractivity contribution in [3.63, 3.8) is 0 Å². The molecule has 0 aliphatic heterocycles. The topological polar surface area (TPSA) is 97.6 Å². The molecule has 0 unspecified atom stereocenters. The van der Waals surface area contributed by atoms with Gasteiger partial charge < -0.3 is 19.4 Å². The lowest BCUT2D eigenvalue weighted by molar-refractivity contribution is 0.419. The molecule has 0 atom stereocenters. The van der Waals surface area contributed by atoms with Gasteiger partial charge in [-0.05, 0) is 35.4 Å². The summed E-state index contributed by atoms with van der Waals surface area (Å²) in [6.07, 6.45) is 4.52. The van der Waals surface area contributed by atoms with Crippen LogP contribution in [-0.4, -0.2) is 24.2 Å². The highest BCUT2D eigenvalue weighted by atomic mass is 16.5. The van der Waals surface area contributed by atoms with Gasteiger partial charge >= 0.3 is 0 Å². The van der Waals surface area contributed by atoms with Crippen LogP contribution < -0.4 is 9.47 Å². The number of H-pyrrole nitrogens is 2. The van der Waals surface area contributed by atoms with Crippen LogP contribution in [0.2, 0.25) is 0 Å². The van der Waals surface area contributed by atoms with Crippen molar-refractivity contribution in [2.24, 2.45) is 0 Å². The number of rotatable bonds is 4. The van der Waals surface area contributed by atoms with Crippen molar-refractivity contribution in [1.82, 2.24) is 9.97 Å². The smallest absolute Gasteiger partial charge is 0.128 e. The summed E-state index contributed by atoms with van der Waals surface area (Å²) in [4.78, 5) is 6.23. The molecule has 0 aliphatic carbocycles. The lowest BCUT2D eigenvalue weighted by Crippen LogP contribution is -1.85. The Morgan fingerprint density at radius 3 is 1.54 bits per heavy atom. The summed E-state index contributed by atoms with van der Waals surface area (Å²) in [7, 11) is 3.27. The third kappa shape index (κ3) is 3.62. The Morgan fingerprint density at radius 2 is 1.18 bits per heavy atom. The van der Waals surface area contributed by atoms with Gasteiger partial charge in [0.05, 0.1) is 39.2 Å². The van der Waals surface area contributed by atoms with E-state index in [4.69, 9.17) is 20.0 Å². The maximum Gasteiger partial charge on any atom is 0.128 e. The molecule has 2 heterocycles. The molecule has 0 amide bonds. The molecule has 6 nitrogen and oxygen atoms in total. The van der Waals surface area contributed by atoms with Gasteiger partial charge in [0.1, 0.15) is 11.5 Å². The number of nitriles is 2. The van der Waals surface area contributed by atoms with Crippen LogP contribution in [0.5, 0.6) is 11.5 Å². The molecular weight excluding hydrogens is 352 g/mol. The molecule has 28 heavy (non-hydrogen) atoms. The number of fused-ring (bicyclic) bond motifs is 2. The molecular formula is C22H20N4O2. The molecule has 140 valence electrons. The molecule has 4 aromatic rings. The maximum atomic E-state index is 8.66. The number of nitrogens with zero attached hydrogens (tertiary/aromatic N) is 2. The molecule has 4 rings (SSSR count). The van der Waals surface area contributed by atoms with E-state index in [-0.39, 0.29) is 0 Å². The molecule has 0 spiro atoms. The fourth-order valence-corrected chi connectivity index (χ4v) is 3.23. The second-order valence-corrected chi connectivity index (χ2v) is 6.06. The standard InChI is InChI=1S/2C11H10N2O/c2*1-14-10-4-2-3-9-11(10)8(5-6-12)7-13-9/h2*2-4,7,13H,5H2,1H3. The maximum absolute atomic E-state index is 8.66. The second kappa shape index (κ2) is 8.66. The van der Waals surface area contributed by atoms with Gasteiger partial charge in [-0.1, -0.05) is 12.1 Å². The predicted molar refractivity (Wildman–Crippen MR) is 108 cm³/mol. The lowest BCUT2D eigenvalue weighted by atomic mass is 10.1. The van der Waals surface area contributed by atoms with Crippen LogP contribution in [0, 0.1) is 22.7 Å². The fourth-order valence-electron chi connectivity index (χ4n) is 3.23. The Balaban J connectivity index is 0.000000161. The summed E-state index contributed by atoms with van der Waals surface area (Å²) in [5, 5.41) is 19.3. The predicted octanol–water partition coefficient (Wildman–Crippen LogP) is 4.49. The van der Waals surface area contributed by atoms with Crippen molar-refractivity contribution in [2.75, 3.05) is 14.2 Å². The highest BCUT2D eigenvalue weighted by Gasteiger charge is 2.08. The highest BCUT2D eigenvalue weighted by Crippen LogP contribution is 2.29. The van der Waals surface area contributed by atoms with Crippen LogP contribution >= 0.6 is 0 Å². The Bertz CT molecular complexity index is 1080. The number of aromatic nitrogens is 2. The number of methoxy groups -OCH3 is 2. The van der Waals surface area contributed by atoms with Crippen molar-refractivity contribution in [1.29, 1.82) is 10.5 Å². The van der Waals surface area contributed by atoms with E-state index in [2.05, 4.69) is 22.1 Å². The van der Waals surface area contributed by atoms with Gasteiger partial charge in [0, 0.05) is 34.2 Å². The van der Waals surface area contributed by atoms with E-state index in [9.17, 15) is 0 Å². The third-order valence-corrected chi connectivity index (χ3v) is 4.48. The molecule has 2 aromatic carbocycles. The quantitative estimate of drug-likeness (QED) is 0.552. The van der Waals surface area contributed by atoms with Crippen molar-refractivity contribution >= 4 is 21.8 Å². The Morgan fingerprint density at radius 1 is 0.750 bits per heavy atom. The molecule has 0 fully saturated rings. The van der Waals surface area contributed by atoms with Crippen LogP contribution in [0.3, 0.4) is 0 Å². The van der Waals surface area contributed by atoms with E-state index >= 15 is 0 Å². The van der Waals surface area contributed by atoms with Crippen molar-refractivity contribution in [3.05, 3.63) is 59.9 Å². The Labute approximate surface area is 162 Å². The van der Waals surface area contributed by atoms with Gasteiger partial charge in [-0.25, -0.2) is 0 Å². The first-order valence-electron chi connectivity index (χ1n) is 8.73. The molecule has 0 radical (unpaired) electrons. The van der Waals surface area contributed by atoms with Crippen LogP contribution in [0.25, 0.3) is 21.8 Å². The van der Waals surface area contributed by atoms with Crippen LogP contribution in [0.15, 0.2) is 48.8 Å². The van der Waals surface area contributed by atoms with E-state index in [1.165, 1.54) is 0 Å². The number of aromatic amines is 2. The first-order valence-corrected chi connectivity index (χ1v) is 8.73. The molecule has 2 aromatic heterocycles. The van der Waals surface area contributed by atoms with E-state index in [1.54, 1.807) is 14.2 Å². The summed E-state index contributed by atoms with van der Waals surface area (Å²) >= 11 is 0. The molecule has 6 heteroatoms. The summed E-state index contributed by atoms with van der Waals surface area (Å²) in [6.45, 7) is 0. The summed E-state index contributed by atoms with van der Waals surface area (Å²) in [6, 6.07) is 15.9. The summed E-state index contributed by atoms with van der Waals surface area (Å²) in [5.74, 6) is 1.63. The SMILES string of the molecule is COc1cccc2[nH]cc(CC#N)c12.COc1cccc2[nH]cc(CC#N)c12. The van der Waals surface area contributed by atoms with Gasteiger partial charge in [-0.3, -0.25) is 0 Å². The minimum Gasteiger partial charge on any atom is -0.496 e. The Hall–Kier alpha value is -3.90. The van der Waals surface area contributed by atoms with E-state index < -0.39 is 0 Å². The Kier molecular flexibility index (Phi) is 5.84. The zero-order valence-corrected chi connectivity index (χ0v) is 15.7. The number of nitrogens with one attached hydrogen (secondary N) is 2. The average Bonchev–Trinajstić information content (AvgIpc) is 3.33. The van der Waals surface area contributed by atoms with Crippen LogP contribution in [0.4, 0.5) is 0 Å². The highest BCUT2D eigenvalue weighted by molar-refractivity contribution is 5.90. The van der Waals surface area contributed by atoms with E-state index in [0.29, 0.717) is 12.8 Å². The van der Waals surface area contributed by atoms with Crippen molar-refractivity contribution in [2.45, 2.75) is 12.8 Å². The van der Waals surface area contributed by atoms with Crippen LogP contribution in [0.1, 0.15) is 11.1 Å². The zero-order chi connectivity index (χ0) is 19.9. The fraction of sp³-hybridized carbons (Fsp3) is 0.182. The lowest BCUT2D eigenvalue weighted by Gasteiger charge is -2.02. The van der Waals surface area contributed by atoms with Gasteiger partial charge in [0.2, 0.25) is 0 Å². The minimum absolute atomic E-state index is 0.403. The largest absolute Gasteiger partial charge is 0.496 e. The second-order valence-electron chi connectivity index (χ2n) is 6.06. The van der Waals surface area contributed by atoms with E-state index in [1.807, 2.05) is 48.8 Å². The number of benzene rings is 2. The van der Waals surface area contributed by atoms with E-state index in [0.717, 1.165) is 44.4 Å². The van der Waals surface area contributed by atoms with Gasteiger partial charge in [-0.15, -0.1) is 0 Å². The van der Waals surface area contributed by atoms with Gasteiger partial charge in [-0.2, -0.15) is 10.5 Å². The third-order valence-electron chi connectivity index (χ3n) is 4.48. The molecule has 0 saturated heterocycles. The molecule has 0 bridgehead atoms. The average molecular weight is 372 g/mol. The van der Waals surface area contributed by atoms with Gasteiger partial charge in [0.15, 0.2) is 0 Å². The van der Waals surface area contributed by atoms with Gasteiger partial charge in [0.25, 0.3) is 0 Å². The first-order chi connectivity index (χ1) is 13.7. The molecule has 0 saturated carbocycles. The monoisotopic (exact) mass is 372 g/mol.